The third-order valence-corrected chi connectivity index (χ3v) is 4.04. The molecule has 2 aromatic rings. The number of halogens is 2. The lowest BCUT2D eigenvalue weighted by molar-refractivity contribution is 0.0991. The summed E-state index contributed by atoms with van der Waals surface area (Å²) in [5.41, 5.74) is 1.34. The number of amides is 1. The molecule has 0 saturated heterocycles. The van der Waals surface area contributed by atoms with E-state index in [9.17, 15) is 4.79 Å². The highest BCUT2D eigenvalue weighted by Crippen LogP contribution is 2.28. The van der Waals surface area contributed by atoms with Crippen LogP contribution in [0, 0.1) is 3.57 Å². The number of hydrogen-bond acceptors (Lipinski definition) is 2. The number of methoxy groups -OCH3 is 1. The van der Waals surface area contributed by atoms with E-state index < -0.39 is 0 Å². The maximum atomic E-state index is 12.6. The van der Waals surface area contributed by atoms with E-state index in [4.69, 9.17) is 16.3 Å². The molecule has 3 nitrogen and oxygen atoms in total. The van der Waals surface area contributed by atoms with Crippen LogP contribution < -0.4 is 9.64 Å². The van der Waals surface area contributed by atoms with Gasteiger partial charge in [0.1, 0.15) is 5.75 Å². The van der Waals surface area contributed by atoms with E-state index in [1.807, 2.05) is 24.3 Å². The number of nitrogens with zero attached hydrogens (tertiary/aromatic N) is 1. The summed E-state index contributed by atoms with van der Waals surface area (Å²) in [7, 11) is 3.31. The van der Waals surface area contributed by atoms with Crippen LogP contribution in [0.5, 0.6) is 5.75 Å². The molecular formula is C15H13ClINO2. The molecule has 2 rings (SSSR count). The predicted molar refractivity (Wildman–Crippen MR) is 89.9 cm³/mol. The molecule has 2 aromatic carbocycles. The largest absolute Gasteiger partial charge is 0.495 e. The number of benzene rings is 2. The van der Waals surface area contributed by atoms with Crippen molar-refractivity contribution in [3.63, 3.8) is 0 Å². The lowest BCUT2D eigenvalue weighted by Gasteiger charge is -2.20. The van der Waals surface area contributed by atoms with Gasteiger partial charge in [0, 0.05) is 15.6 Å². The third-order valence-electron chi connectivity index (χ3n) is 2.91. The van der Waals surface area contributed by atoms with Gasteiger partial charge in [-0.05, 0) is 52.9 Å². The maximum Gasteiger partial charge on any atom is 0.259 e. The molecule has 0 radical (unpaired) electrons. The molecule has 0 N–H and O–H groups in total. The number of hydrogen-bond donors (Lipinski definition) is 0. The maximum absolute atomic E-state index is 12.6. The summed E-state index contributed by atoms with van der Waals surface area (Å²) in [6, 6.07) is 12.6. The molecule has 0 bridgehead atoms. The first-order valence-corrected chi connectivity index (χ1v) is 7.36. The van der Waals surface area contributed by atoms with Gasteiger partial charge in [-0.2, -0.15) is 0 Å². The number of rotatable bonds is 3. The second kappa shape index (κ2) is 6.45. The fourth-order valence-electron chi connectivity index (χ4n) is 1.86. The summed E-state index contributed by atoms with van der Waals surface area (Å²) in [6.07, 6.45) is 0. The van der Waals surface area contributed by atoms with Gasteiger partial charge in [-0.25, -0.2) is 0 Å². The molecular weight excluding hydrogens is 389 g/mol. The minimum Gasteiger partial charge on any atom is -0.495 e. The van der Waals surface area contributed by atoms with Crippen LogP contribution in [0.15, 0.2) is 42.5 Å². The van der Waals surface area contributed by atoms with Crippen molar-refractivity contribution in [3.8, 4) is 5.75 Å². The Hall–Kier alpha value is -1.27. The summed E-state index contributed by atoms with van der Waals surface area (Å²) in [5.74, 6) is 0.558. The number of carbonyl (C=O) groups is 1. The SMILES string of the molecule is COc1ccccc1N(C)C(=O)c1ccc(Cl)cc1I. The molecule has 0 atom stereocenters. The summed E-state index contributed by atoms with van der Waals surface area (Å²) in [4.78, 5) is 14.1. The van der Waals surface area contributed by atoms with E-state index in [0.29, 0.717) is 16.3 Å². The average Bonchev–Trinajstić information content (AvgIpc) is 2.45. The standard InChI is InChI=1S/C15H13ClINO2/c1-18(13-5-3-4-6-14(13)20-2)15(19)11-8-7-10(16)9-12(11)17/h3-9H,1-2H3. The van der Waals surface area contributed by atoms with E-state index in [0.717, 1.165) is 9.26 Å². The number of carbonyl (C=O) groups excluding carboxylic acids is 1. The van der Waals surface area contributed by atoms with Crippen molar-refractivity contribution < 1.29 is 9.53 Å². The molecule has 0 heterocycles. The predicted octanol–water partition coefficient (Wildman–Crippen LogP) is 4.23. The molecule has 104 valence electrons. The van der Waals surface area contributed by atoms with Gasteiger partial charge in [0.25, 0.3) is 5.91 Å². The number of ether oxygens (including phenoxy) is 1. The average molecular weight is 402 g/mol. The summed E-state index contributed by atoms with van der Waals surface area (Å²) in [5, 5.41) is 0.617. The van der Waals surface area contributed by atoms with Gasteiger partial charge >= 0.3 is 0 Å². The van der Waals surface area contributed by atoms with Crippen molar-refractivity contribution >= 4 is 45.8 Å². The third kappa shape index (κ3) is 3.07. The molecule has 0 fully saturated rings. The van der Waals surface area contributed by atoms with Crippen LogP contribution in [0.4, 0.5) is 5.69 Å². The first kappa shape index (κ1) is 15.1. The highest BCUT2D eigenvalue weighted by atomic mass is 127. The first-order valence-electron chi connectivity index (χ1n) is 5.90. The Morgan fingerprint density at radius 1 is 1.25 bits per heavy atom. The Bertz CT molecular complexity index is 646. The smallest absolute Gasteiger partial charge is 0.259 e. The van der Waals surface area contributed by atoms with Crippen molar-refractivity contribution in [2.45, 2.75) is 0 Å². The van der Waals surface area contributed by atoms with Crippen LogP contribution in [-0.4, -0.2) is 20.1 Å². The Kier molecular flexibility index (Phi) is 4.88. The van der Waals surface area contributed by atoms with Crippen LogP contribution in [0.1, 0.15) is 10.4 Å². The van der Waals surface area contributed by atoms with Gasteiger partial charge in [-0.15, -0.1) is 0 Å². The van der Waals surface area contributed by atoms with Crippen molar-refractivity contribution in [2.24, 2.45) is 0 Å². The zero-order chi connectivity index (χ0) is 14.7. The molecule has 0 unspecified atom stereocenters. The lowest BCUT2D eigenvalue weighted by Crippen LogP contribution is -2.27. The monoisotopic (exact) mass is 401 g/mol. The van der Waals surface area contributed by atoms with Crippen molar-refractivity contribution in [2.75, 3.05) is 19.1 Å². The van der Waals surface area contributed by atoms with E-state index >= 15 is 0 Å². The molecule has 0 saturated carbocycles. The summed E-state index contributed by atoms with van der Waals surface area (Å²) in [6.45, 7) is 0. The highest BCUT2D eigenvalue weighted by molar-refractivity contribution is 14.1. The lowest BCUT2D eigenvalue weighted by atomic mass is 10.2. The second-order valence-corrected chi connectivity index (χ2v) is 5.76. The molecule has 1 amide bonds. The zero-order valence-electron chi connectivity index (χ0n) is 11.1. The minimum atomic E-state index is -0.101. The van der Waals surface area contributed by atoms with E-state index in [1.54, 1.807) is 37.3 Å². The molecule has 0 aromatic heterocycles. The Labute approximate surface area is 136 Å². The Morgan fingerprint density at radius 2 is 1.95 bits per heavy atom. The van der Waals surface area contributed by atoms with Crippen LogP contribution in [0.25, 0.3) is 0 Å². The quantitative estimate of drug-likeness (QED) is 0.721. The van der Waals surface area contributed by atoms with Gasteiger partial charge in [0.15, 0.2) is 0 Å². The van der Waals surface area contributed by atoms with E-state index in [1.165, 1.54) is 0 Å². The molecule has 0 aliphatic heterocycles. The van der Waals surface area contributed by atoms with Crippen LogP contribution in [-0.2, 0) is 0 Å². The molecule has 20 heavy (non-hydrogen) atoms. The summed E-state index contributed by atoms with van der Waals surface area (Å²) >= 11 is 8.02. The topological polar surface area (TPSA) is 29.5 Å². The number of para-hydroxylation sites is 2. The first-order chi connectivity index (χ1) is 9.54. The normalized spacial score (nSPS) is 10.2. The second-order valence-electron chi connectivity index (χ2n) is 4.16. The van der Waals surface area contributed by atoms with E-state index in [-0.39, 0.29) is 5.91 Å². The minimum absolute atomic E-state index is 0.101. The highest BCUT2D eigenvalue weighted by Gasteiger charge is 2.18. The molecule has 0 spiro atoms. The molecule has 0 aliphatic carbocycles. The van der Waals surface area contributed by atoms with Gasteiger partial charge < -0.3 is 9.64 Å². The van der Waals surface area contributed by atoms with Crippen molar-refractivity contribution in [1.82, 2.24) is 0 Å². The van der Waals surface area contributed by atoms with Crippen LogP contribution in [0.3, 0.4) is 0 Å². The Morgan fingerprint density at radius 3 is 2.60 bits per heavy atom. The van der Waals surface area contributed by atoms with Crippen molar-refractivity contribution in [1.29, 1.82) is 0 Å². The number of anilines is 1. The van der Waals surface area contributed by atoms with Crippen LogP contribution in [0.2, 0.25) is 5.02 Å². The fraction of sp³-hybridized carbons (Fsp3) is 0.133. The summed E-state index contributed by atoms with van der Waals surface area (Å²) < 4.78 is 6.11. The van der Waals surface area contributed by atoms with Crippen molar-refractivity contribution in [3.05, 3.63) is 56.6 Å². The Balaban J connectivity index is 2.37. The van der Waals surface area contributed by atoms with Gasteiger partial charge in [-0.3, -0.25) is 4.79 Å². The molecule has 5 heteroatoms. The van der Waals surface area contributed by atoms with Gasteiger partial charge in [0.05, 0.1) is 18.4 Å². The fourth-order valence-corrected chi connectivity index (χ4v) is 2.96. The zero-order valence-corrected chi connectivity index (χ0v) is 14.0. The van der Waals surface area contributed by atoms with Gasteiger partial charge in [0.2, 0.25) is 0 Å². The van der Waals surface area contributed by atoms with E-state index in [2.05, 4.69) is 22.6 Å². The van der Waals surface area contributed by atoms with Gasteiger partial charge in [-0.1, -0.05) is 23.7 Å². The van der Waals surface area contributed by atoms with Crippen LogP contribution >= 0.6 is 34.2 Å². The molecule has 0 aliphatic rings.